The average molecular weight is 373 g/mol. The number of nitrogens with zero attached hydrogens (tertiary/aromatic N) is 3. The number of rotatable bonds is 4. The second-order valence-electron chi connectivity index (χ2n) is 5.25. The first-order chi connectivity index (χ1) is 12.0. The van der Waals surface area contributed by atoms with Crippen molar-refractivity contribution in [3.8, 4) is 17.0 Å². The first kappa shape index (κ1) is 17.2. The van der Waals surface area contributed by atoms with Gasteiger partial charge in [-0.1, -0.05) is 53.5 Å². The normalized spacial score (nSPS) is 11.0. The number of hydrazone groups is 1. The molecule has 0 fully saturated rings. The fourth-order valence-electron chi connectivity index (χ4n) is 2.23. The summed E-state index contributed by atoms with van der Waals surface area (Å²) in [6, 6.07) is 14.6. The van der Waals surface area contributed by atoms with Crippen LogP contribution in [0.2, 0.25) is 10.0 Å². The molecule has 126 valence electrons. The van der Waals surface area contributed by atoms with Crippen LogP contribution in [-0.4, -0.2) is 21.3 Å². The molecule has 25 heavy (non-hydrogen) atoms. The molecule has 0 aliphatic carbocycles. The van der Waals surface area contributed by atoms with Gasteiger partial charge in [0.05, 0.1) is 16.9 Å². The van der Waals surface area contributed by atoms with Crippen LogP contribution in [0.3, 0.4) is 0 Å². The summed E-state index contributed by atoms with van der Waals surface area (Å²) in [5.41, 5.74) is 5.01. The number of phenolic OH excluding ortho intramolecular Hbond substituents is 1. The fourth-order valence-corrected chi connectivity index (χ4v) is 2.74. The van der Waals surface area contributed by atoms with E-state index in [4.69, 9.17) is 23.2 Å². The quantitative estimate of drug-likeness (QED) is 0.504. The number of hydrogen-bond donors (Lipinski definition) is 2. The summed E-state index contributed by atoms with van der Waals surface area (Å²) in [7, 11) is 0. The lowest BCUT2D eigenvalue weighted by Gasteiger charge is -2.06. The van der Waals surface area contributed by atoms with E-state index in [1.165, 1.54) is 12.3 Å². The zero-order valence-electron chi connectivity index (χ0n) is 13.2. The first-order valence-electron chi connectivity index (χ1n) is 7.41. The Morgan fingerprint density at radius 3 is 2.60 bits per heavy atom. The van der Waals surface area contributed by atoms with Crippen molar-refractivity contribution < 1.29 is 5.11 Å². The van der Waals surface area contributed by atoms with Crippen LogP contribution in [-0.2, 0) is 0 Å². The van der Waals surface area contributed by atoms with Gasteiger partial charge < -0.3 is 5.11 Å². The molecule has 2 N–H and O–H groups in total. The molecule has 0 bridgehead atoms. The van der Waals surface area contributed by atoms with Crippen LogP contribution in [0.25, 0.3) is 11.3 Å². The molecule has 0 radical (unpaired) electrons. The Morgan fingerprint density at radius 2 is 1.84 bits per heavy atom. The van der Waals surface area contributed by atoms with Crippen molar-refractivity contribution >= 4 is 35.2 Å². The van der Waals surface area contributed by atoms with Crippen LogP contribution in [0.4, 0.5) is 5.82 Å². The van der Waals surface area contributed by atoms with E-state index in [9.17, 15) is 5.11 Å². The molecule has 3 rings (SSSR count). The standard InChI is InChI=1S/C18H14Cl2N4O/c1-11-22-16(12-5-3-2-4-6-12)9-17(23-11)24-21-10-13-7-14(19)8-15(20)18(13)25/h2-10,25H,1H3,(H,22,23,24)/b21-10-. The minimum atomic E-state index is -0.0829. The predicted octanol–water partition coefficient (Wildman–Crippen LogP) is 4.91. The molecule has 0 spiro atoms. The third-order valence-electron chi connectivity index (χ3n) is 3.35. The highest BCUT2D eigenvalue weighted by atomic mass is 35.5. The van der Waals surface area contributed by atoms with Gasteiger partial charge in [0.1, 0.15) is 17.4 Å². The molecule has 0 unspecified atom stereocenters. The molecule has 7 heteroatoms. The van der Waals surface area contributed by atoms with Crippen LogP contribution in [0, 0.1) is 6.92 Å². The Kier molecular flexibility index (Phi) is 5.16. The number of anilines is 1. The van der Waals surface area contributed by atoms with Gasteiger partial charge in [-0.3, -0.25) is 5.43 Å². The highest BCUT2D eigenvalue weighted by Gasteiger charge is 2.06. The fraction of sp³-hybridized carbons (Fsp3) is 0.0556. The van der Waals surface area contributed by atoms with E-state index in [1.807, 2.05) is 37.3 Å². The maximum Gasteiger partial charge on any atom is 0.150 e. The Labute approximate surface area is 155 Å². The summed E-state index contributed by atoms with van der Waals surface area (Å²) in [5.74, 6) is 1.07. The van der Waals surface area contributed by atoms with E-state index < -0.39 is 0 Å². The molecule has 0 aliphatic heterocycles. The molecular weight excluding hydrogens is 359 g/mol. The smallest absolute Gasteiger partial charge is 0.150 e. The number of halogens is 2. The second-order valence-corrected chi connectivity index (χ2v) is 6.09. The summed E-state index contributed by atoms with van der Waals surface area (Å²) in [6.45, 7) is 1.81. The molecule has 0 saturated heterocycles. The lowest BCUT2D eigenvalue weighted by molar-refractivity contribution is 0.475. The van der Waals surface area contributed by atoms with Crippen LogP contribution in [0.1, 0.15) is 11.4 Å². The molecule has 3 aromatic rings. The zero-order chi connectivity index (χ0) is 17.8. The predicted molar refractivity (Wildman–Crippen MR) is 102 cm³/mol. The van der Waals surface area contributed by atoms with Crippen molar-refractivity contribution in [1.82, 2.24) is 9.97 Å². The summed E-state index contributed by atoms with van der Waals surface area (Å²) >= 11 is 11.8. The van der Waals surface area contributed by atoms with Crippen molar-refractivity contribution in [2.24, 2.45) is 5.10 Å². The highest BCUT2D eigenvalue weighted by Crippen LogP contribution is 2.30. The molecule has 0 saturated carbocycles. The van der Waals surface area contributed by atoms with Gasteiger partial charge in [-0.25, -0.2) is 9.97 Å². The topological polar surface area (TPSA) is 70.4 Å². The van der Waals surface area contributed by atoms with E-state index in [-0.39, 0.29) is 10.8 Å². The number of aryl methyl sites for hydroxylation is 1. The Balaban J connectivity index is 1.83. The van der Waals surface area contributed by atoms with Crippen molar-refractivity contribution in [3.05, 3.63) is 70.0 Å². The van der Waals surface area contributed by atoms with E-state index >= 15 is 0 Å². The van der Waals surface area contributed by atoms with Gasteiger partial charge >= 0.3 is 0 Å². The highest BCUT2D eigenvalue weighted by molar-refractivity contribution is 6.36. The van der Waals surface area contributed by atoms with Gasteiger partial charge in [0, 0.05) is 22.2 Å². The molecule has 0 atom stereocenters. The lowest BCUT2D eigenvalue weighted by atomic mass is 10.1. The largest absolute Gasteiger partial charge is 0.506 e. The number of aromatic nitrogens is 2. The van der Waals surface area contributed by atoms with Crippen molar-refractivity contribution in [2.45, 2.75) is 6.92 Å². The van der Waals surface area contributed by atoms with Crippen LogP contribution in [0.15, 0.2) is 53.6 Å². The van der Waals surface area contributed by atoms with Crippen molar-refractivity contribution in [2.75, 3.05) is 5.43 Å². The van der Waals surface area contributed by atoms with Gasteiger partial charge in [0.25, 0.3) is 0 Å². The molecule has 0 amide bonds. The van der Waals surface area contributed by atoms with E-state index in [0.717, 1.165) is 11.3 Å². The third-order valence-corrected chi connectivity index (χ3v) is 3.85. The zero-order valence-corrected chi connectivity index (χ0v) is 14.8. The minimum Gasteiger partial charge on any atom is -0.506 e. The molecule has 5 nitrogen and oxygen atoms in total. The van der Waals surface area contributed by atoms with Gasteiger partial charge in [-0.05, 0) is 19.1 Å². The maximum atomic E-state index is 9.92. The lowest BCUT2D eigenvalue weighted by Crippen LogP contribution is -1.99. The van der Waals surface area contributed by atoms with Crippen LogP contribution >= 0.6 is 23.2 Å². The van der Waals surface area contributed by atoms with E-state index in [0.29, 0.717) is 22.2 Å². The monoisotopic (exact) mass is 372 g/mol. The maximum absolute atomic E-state index is 9.92. The number of nitrogens with one attached hydrogen (secondary N) is 1. The summed E-state index contributed by atoms with van der Waals surface area (Å²) in [5, 5.41) is 14.6. The van der Waals surface area contributed by atoms with Gasteiger partial charge in [-0.15, -0.1) is 0 Å². The number of hydrogen-bond acceptors (Lipinski definition) is 5. The third kappa shape index (κ3) is 4.26. The molecule has 1 aromatic heterocycles. The van der Waals surface area contributed by atoms with Gasteiger partial charge in [0.15, 0.2) is 0 Å². The Morgan fingerprint density at radius 1 is 1.08 bits per heavy atom. The van der Waals surface area contributed by atoms with E-state index in [2.05, 4.69) is 20.5 Å². The Hall–Kier alpha value is -2.63. The summed E-state index contributed by atoms with van der Waals surface area (Å²) in [4.78, 5) is 8.73. The molecule has 1 heterocycles. The average Bonchev–Trinajstić information content (AvgIpc) is 2.59. The van der Waals surface area contributed by atoms with Crippen LogP contribution in [0.5, 0.6) is 5.75 Å². The molecule has 2 aromatic carbocycles. The van der Waals surface area contributed by atoms with Crippen molar-refractivity contribution in [3.63, 3.8) is 0 Å². The van der Waals surface area contributed by atoms with Crippen LogP contribution < -0.4 is 5.43 Å². The minimum absolute atomic E-state index is 0.0829. The van der Waals surface area contributed by atoms with Gasteiger partial charge in [0.2, 0.25) is 0 Å². The second kappa shape index (κ2) is 7.51. The number of benzene rings is 2. The summed E-state index contributed by atoms with van der Waals surface area (Å²) in [6.07, 6.45) is 1.42. The SMILES string of the molecule is Cc1nc(N/N=C\c2cc(Cl)cc(Cl)c2O)cc(-c2ccccc2)n1. The molecular formula is C18H14Cl2N4O. The summed E-state index contributed by atoms with van der Waals surface area (Å²) < 4.78 is 0. The van der Waals surface area contributed by atoms with Crippen molar-refractivity contribution in [1.29, 1.82) is 0 Å². The number of phenols is 1. The first-order valence-corrected chi connectivity index (χ1v) is 8.17. The molecule has 0 aliphatic rings. The number of aromatic hydroxyl groups is 1. The Bertz CT molecular complexity index is 930. The van der Waals surface area contributed by atoms with Gasteiger partial charge in [-0.2, -0.15) is 5.10 Å². The van der Waals surface area contributed by atoms with E-state index in [1.54, 1.807) is 12.1 Å².